The molecule has 0 atom stereocenters. The number of hydrogen-bond donors (Lipinski definition) is 3. The van der Waals surface area contributed by atoms with E-state index in [0.717, 1.165) is 13.1 Å². The summed E-state index contributed by atoms with van der Waals surface area (Å²) in [6.45, 7) is 8.52. The SMILES string of the molecule is C=C(C)C(=O)O.CCNCCO. The summed E-state index contributed by atoms with van der Waals surface area (Å²) in [5.41, 5.74) is 0.176. The first kappa shape index (κ1) is 13.7. The number of nitrogens with one attached hydrogen (secondary N) is 1. The van der Waals surface area contributed by atoms with Gasteiger partial charge in [-0.1, -0.05) is 13.5 Å². The molecular formula is C8H17NO3. The van der Waals surface area contributed by atoms with Gasteiger partial charge in [0.1, 0.15) is 0 Å². The minimum absolute atomic E-state index is 0.176. The Bertz CT molecular complexity index is 118. The Morgan fingerprint density at radius 1 is 1.58 bits per heavy atom. The number of aliphatic hydroxyl groups excluding tert-OH is 1. The van der Waals surface area contributed by atoms with Crippen molar-refractivity contribution >= 4 is 5.97 Å². The lowest BCUT2D eigenvalue weighted by Crippen LogP contribution is -2.16. The average molecular weight is 175 g/mol. The Morgan fingerprint density at radius 3 is 2.08 bits per heavy atom. The molecule has 4 heteroatoms. The molecule has 0 spiro atoms. The molecule has 0 aromatic rings. The van der Waals surface area contributed by atoms with Gasteiger partial charge in [0.05, 0.1) is 6.61 Å². The monoisotopic (exact) mass is 175 g/mol. The number of rotatable bonds is 4. The first-order chi connectivity index (χ1) is 5.56. The van der Waals surface area contributed by atoms with E-state index in [1.165, 1.54) is 6.92 Å². The van der Waals surface area contributed by atoms with Gasteiger partial charge < -0.3 is 15.5 Å². The summed E-state index contributed by atoms with van der Waals surface area (Å²) >= 11 is 0. The van der Waals surface area contributed by atoms with E-state index in [0.29, 0.717) is 0 Å². The van der Waals surface area contributed by atoms with Gasteiger partial charge in [0.2, 0.25) is 0 Å². The molecule has 0 aromatic carbocycles. The summed E-state index contributed by atoms with van der Waals surface area (Å²) < 4.78 is 0. The standard InChI is InChI=1S/C4H11NO.C4H6O2/c1-2-5-3-4-6;1-3(2)4(5)6/h5-6H,2-4H2,1H3;1H2,2H3,(H,5,6). The van der Waals surface area contributed by atoms with E-state index in [9.17, 15) is 4.79 Å². The fraction of sp³-hybridized carbons (Fsp3) is 0.625. The van der Waals surface area contributed by atoms with Gasteiger partial charge >= 0.3 is 5.97 Å². The molecule has 4 nitrogen and oxygen atoms in total. The summed E-state index contributed by atoms with van der Waals surface area (Å²) in [6.07, 6.45) is 0. The van der Waals surface area contributed by atoms with Gasteiger partial charge in [-0.2, -0.15) is 0 Å². The second-order valence-electron chi connectivity index (χ2n) is 2.16. The molecule has 12 heavy (non-hydrogen) atoms. The van der Waals surface area contributed by atoms with Gasteiger partial charge in [-0.3, -0.25) is 0 Å². The van der Waals surface area contributed by atoms with E-state index in [-0.39, 0.29) is 12.2 Å². The first-order valence-corrected chi connectivity index (χ1v) is 3.76. The Balaban J connectivity index is 0. The highest BCUT2D eigenvalue weighted by atomic mass is 16.4. The van der Waals surface area contributed by atoms with Crippen LogP contribution in [0.25, 0.3) is 0 Å². The highest BCUT2D eigenvalue weighted by Crippen LogP contribution is 1.81. The van der Waals surface area contributed by atoms with Crippen LogP contribution in [0.4, 0.5) is 0 Å². The number of aliphatic carboxylic acids is 1. The van der Waals surface area contributed by atoms with Crippen LogP contribution >= 0.6 is 0 Å². The molecule has 0 aliphatic carbocycles. The van der Waals surface area contributed by atoms with Crippen LogP contribution in [0, 0.1) is 0 Å². The van der Waals surface area contributed by atoms with Gasteiger partial charge in [0.15, 0.2) is 0 Å². The van der Waals surface area contributed by atoms with Gasteiger partial charge in [-0.05, 0) is 13.5 Å². The predicted octanol–water partition coefficient (Wildman–Crippen LogP) is 0.235. The number of carbonyl (C=O) groups is 1. The number of carboxylic acids is 1. The quantitative estimate of drug-likeness (QED) is 0.423. The number of likely N-dealkylation sites (N-methyl/N-ethyl adjacent to an activating group) is 1. The Hall–Kier alpha value is -0.870. The third kappa shape index (κ3) is 16.1. The Kier molecular flexibility index (Phi) is 11.6. The van der Waals surface area contributed by atoms with Gasteiger partial charge in [0, 0.05) is 12.1 Å². The average Bonchev–Trinajstić information content (AvgIpc) is 2.02. The molecule has 3 N–H and O–H groups in total. The van der Waals surface area contributed by atoms with Crippen molar-refractivity contribution in [3.63, 3.8) is 0 Å². The maximum Gasteiger partial charge on any atom is 0.330 e. The van der Waals surface area contributed by atoms with E-state index in [4.69, 9.17) is 10.2 Å². The van der Waals surface area contributed by atoms with Crippen molar-refractivity contribution in [2.75, 3.05) is 19.7 Å². The zero-order chi connectivity index (χ0) is 9.98. The fourth-order valence-corrected chi connectivity index (χ4v) is 0.256. The van der Waals surface area contributed by atoms with Crippen LogP contribution in [0.3, 0.4) is 0 Å². The second-order valence-corrected chi connectivity index (χ2v) is 2.16. The smallest absolute Gasteiger partial charge is 0.330 e. The van der Waals surface area contributed by atoms with E-state index in [1.54, 1.807) is 0 Å². The van der Waals surface area contributed by atoms with E-state index < -0.39 is 5.97 Å². The summed E-state index contributed by atoms with van der Waals surface area (Å²) in [7, 11) is 0. The number of aliphatic hydroxyl groups is 1. The molecule has 0 aromatic heterocycles. The van der Waals surface area contributed by atoms with Crippen molar-refractivity contribution in [3.05, 3.63) is 12.2 Å². The molecule has 0 aliphatic heterocycles. The summed E-state index contributed by atoms with van der Waals surface area (Å²) in [6, 6.07) is 0. The lowest BCUT2D eigenvalue weighted by molar-refractivity contribution is -0.132. The molecule has 0 unspecified atom stereocenters. The minimum atomic E-state index is -0.935. The largest absolute Gasteiger partial charge is 0.478 e. The van der Waals surface area contributed by atoms with E-state index in [1.807, 2.05) is 6.92 Å². The van der Waals surface area contributed by atoms with Crippen LogP contribution in [-0.4, -0.2) is 35.9 Å². The third-order valence-electron chi connectivity index (χ3n) is 0.904. The molecule has 0 rings (SSSR count). The normalized spacial score (nSPS) is 8.25. The highest BCUT2D eigenvalue weighted by molar-refractivity contribution is 5.84. The van der Waals surface area contributed by atoms with Crippen molar-refractivity contribution < 1.29 is 15.0 Å². The van der Waals surface area contributed by atoms with Crippen molar-refractivity contribution in [1.29, 1.82) is 0 Å². The molecule has 72 valence electrons. The van der Waals surface area contributed by atoms with Crippen molar-refractivity contribution in [3.8, 4) is 0 Å². The van der Waals surface area contributed by atoms with Crippen LogP contribution in [0.15, 0.2) is 12.2 Å². The van der Waals surface area contributed by atoms with Crippen molar-refractivity contribution in [1.82, 2.24) is 5.32 Å². The van der Waals surface area contributed by atoms with Gasteiger partial charge in [0.25, 0.3) is 0 Å². The topological polar surface area (TPSA) is 69.6 Å². The van der Waals surface area contributed by atoms with Crippen LogP contribution < -0.4 is 5.32 Å². The third-order valence-corrected chi connectivity index (χ3v) is 0.904. The molecular weight excluding hydrogens is 158 g/mol. The maximum absolute atomic E-state index is 9.60. The number of hydrogen-bond acceptors (Lipinski definition) is 3. The van der Waals surface area contributed by atoms with Crippen LogP contribution in [0.1, 0.15) is 13.8 Å². The lowest BCUT2D eigenvalue weighted by Gasteiger charge is -1.91. The molecule has 0 bridgehead atoms. The van der Waals surface area contributed by atoms with Crippen LogP contribution in [-0.2, 0) is 4.79 Å². The molecule has 0 aliphatic rings. The molecule has 0 heterocycles. The van der Waals surface area contributed by atoms with Crippen molar-refractivity contribution in [2.45, 2.75) is 13.8 Å². The fourth-order valence-electron chi connectivity index (χ4n) is 0.256. The Morgan fingerprint density at radius 2 is 2.00 bits per heavy atom. The highest BCUT2D eigenvalue weighted by Gasteiger charge is 1.90. The molecule has 0 fully saturated rings. The first-order valence-electron chi connectivity index (χ1n) is 3.76. The maximum atomic E-state index is 9.60. The molecule has 0 saturated carbocycles. The number of carboxylic acid groups (broad SMARTS) is 1. The van der Waals surface area contributed by atoms with Gasteiger partial charge in [-0.15, -0.1) is 0 Å². The van der Waals surface area contributed by atoms with E-state index in [2.05, 4.69) is 11.9 Å². The summed E-state index contributed by atoms with van der Waals surface area (Å²) in [5, 5.41) is 19.0. The predicted molar refractivity (Wildman–Crippen MR) is 48.1 cm³/mol. The second kappa shape index (κ2) is 10.1. The Labute approximate surface area is 72.9 Å². The van der Waals surface area contributed by atoms with Crippen LogP contribution in [0.5, 0.6) is 0 Å². The minimum Gasteiger partial charge on any atom is -0.478 e. The lowest BCUT2D eigenvalue weighted by atomic mass is 10.4. The van der Waals surface area contributed by atoms with Crippen molar-refractivity contribution in [2.24, 2.45) is 0 Å². The van der Waals surface area contributed by atoms with Gasteiger partial charge in [-0.25, -0.2) is 4.79 Å². The van der Waals surface area contributed by atoms with Crippen LogP contribution in [0.2, 0.25) is 0 Å². The zero-order valence-corrected chi connectivity index (χ0v) is 7.63. The summed E-state index contributed by atoms with van der Waals surface area (Å²) in [5.74, 6) is -0.935. The van der Waals surface area contributed by atoms with E-state index >= 15 is 0 Å². The zero-order valence-electron chi connectivity index (χ0n) is 7.63. The molecule has 0 amide bonds. The molecule has 0 radical (unpaired) electrons. The summed E-state index contributed by atoms with van der Waals surface area (Å²) in [4.78, 5) is 9.60. The molecule has 0 saturated heterocycles.